The number of rotatable bonds is 18. The van der Waals surface area contributed by atoms with Crippen LogP contribution in [0.15, 0.2) is 121 Å². The Morgan fingerprint density at radius 3 is 1.08 bits per heavy atom. The molecular weight excluding hydrogens is 713 g/mol. The molecule has 0 bridgehead atoms. The largest absolute Gasteiger partial charge is 0.413 e. The maximum absolute atomic E-state index is 7.99. The van der Waals surface area contributed by atoms with Crippen molar-refractivity contribution >= 4 is 53.8 Å². The minimum atomic E-state index is -2.62. The van der Waals surface area contributed by atoms with Gasteiger partial charge in [-0.25, -0.2) is 0 Å². The molecule has 0 aromatic heterocycles. The van der Waals surface area contributed by atoms with Gasteiger partial charge >= 0.3 is 0 Å². The van der Waals surface area contributed by atoms with E-state index in [2.05, 4.69) is 216 Å². The Morgan fingerprint density at radius 2 is 0.755 bits per heavy atom. The van der Waals surface area contributed by atoms with Crippen molar-refractivity contribution < 1.29 is 13.3 Å². The summed E-state index contributed by atoms with van der Waals surface area (Å²) in [5.41, 5.74) is -0.434. The molecule has 0 spiro atoms. The van der Waals surface area contributed by atoms with Gasteiger partial charge in [0, 0.05) is 5.04 Å². The van der Waals surface area contributed by atoms with Gasteiger partial charge in [0.05, 0.1) is 16.0 Å². The Balaban J connectivity index is 1.79. The lowest BCUT2D eigenvalue weighted by molar-refractivity contribution is -0.0112. The van der Waals surface area contributed by atoms with Crippen LogP contribution in [0.4, 0.5) is 0 Å². The van der Waals surface area contributed by atoms with Crippen molar-refractivity contribution in [3.05, 3.63) is 121 Å². The van der Waals surface area contributed by atoms with Gasteiger partial charge in [0.15, 0.2) is 8.32 Å². The van der Waals surface area contributed by atoms with Gasteiger partial charge in [-0.3, -0.25) is 0 Å². The van der Waals surface area contributed by atoms with Crippen LogP contribution in [-0.4, -0.2) is 49.1 Å². The molecule has 4 unspecified atom stereocenters. The minimum absolute atomic E-state index is 0.202. The molecule has 0 saturated carbocycles. The molecule has 0 aliphatic rings. The van der Waals surface area contributed by atoms with E-state index in [0.717, 1.165) is 25.7 Å². The van der Waals surface area contributed by atoms with E-state index >= 15 is 0 Å². The molecule has 4 rings (SSSR count). The number of hydrogen-bond donors (Lipinski definition) is 0. The molecule has 0 fully saturated rings. The summed E-state index contributed by atoms with van der Waals surface area (Å²) in [6, 6.07) is 44.2. The van der Waals surface area contributed by atoms with Crippen molar-refractivity contribution in [1.82, 2.24) is 0 Å². The maximum atomic E-state index is 7.99. The second kappa shape index (κ2) is 16.4. The first kappa shape index (κ1) is 43.4. The van der Waals surface area contributed by atoms with Crippen LogP contribution in [0.25, 0.3) is 0 Å². The molecule has 4 aromatic rings. The fourth-order valence-electron chi connectivity index (χ4n) is 9.07. The van der Waals surface area contributed by atoms with Gasteiger partial charge < -0.3 is 13.3 Å². The summed E-state index contributed by atoms with van der Waals surface area (Å²) in [7, 11) is -10.2. The van der Waals surface area contributed by atoms with E-state index in [9.17, 15) is 0 Å². The lowest BCUT2D eigenvalue weighted by Crippen LogP contribution is -2.74. The van der Waals surface area contributed by atoms with Crippen LogP contribution in [0.2, 0.25) is 44.3 Å². The standard InChI is InChI=1S/C46H70O3Si4/c1-15-43(5,47-51(11,12)45(7,17-3)49-53(14,41-35-27-21-28-36-41)42-37-29-22-30-38-42)44(6,16-2)50(9,10)48-46(8,18-4)52(13,39-31-23-19-24-32-39)40-33-25-20-26-34-40/h19-38H,15-18H2,1-14H3. The molecule has 4 aromatic carbocycles. The molecule has 7 heteroatoms. The smallest absolute Gasteiger partial charge is 0.253 e. The quantitative estimate of drug-likeness (QED) is 0.0941. The fourth-order valence-corrected chi connectivity index (χ4v) is 26.0. The summed E-state index contributed by atoms with van der Waals surface area (Å²) >= 11 is 0. The first-order valence-electron chi connectivity index (χ1n) is 20.1. The molecule has 288 valence electrons. The van der Waals surface area contributed by atoms with Crippen molar-refractivity contribution in [2.75, 3.05) is 0 Å². The SMILES string of the molecule is CCC(C)(O[Si](C)(C)C(C)(CC)O[Si](C)(c1ccccc1)c1ccccc1)C(C)(CC)[Si](C)(C)OC(C)(CC)[Si](C)(c1ccccc1)c1ccccc1. The summed E-state index contributed by atoms with van der Waals surface area (Å²) in [5, 5.41) is 4.43. The lowest BCUT2D eigenvalue weighted by Gasteiger charge is -2.60. The Bertz CT molecular complexity index is 1660. The summed E-state index contributed by atoms with van der Waals surface area (Å²) < 4.78 is 23.6. The third-order valence-corrected chi connectivity index (χ3v) is 32.4. The monoisotopic (exact) mass is 782 g/mol. The molecule has 0 saturated heterocycles. The average Bonchev–Trinajstić information content (AvgIpc) is 3.17. The van der Waals surface area contributed by atoms with Gasteiger partial charge in [0.1, 0.15) is 8.07 Å². The summed E-state index contributed by atoms with van der Waals surface area (Å²) in [6.07, 6.45) is 3.68. The molecule has 0 radical (unpaired) electrons. The molecule has 0 aliphatic carbocycles. The Hall–Kier alpha value is -2.37. The van der Waals surface area contributed by atoms with Crippen molar-refractivity contribution in [3.8, 4) is 0 Å². The van der Waals surface area contributed by atoms with Crippen LogP contribution in [0.5, 0.6) is 0 Å². The Labute approximate surface area is 328 Å². The van der Waals surface area contributed by atoms with E-state index in [1.54, 1.807) is 0 Å². The van der Waals surface area contributed by atoms with Gasteiger partial charge in [-0.1, -0.05) is 173 Å². The molecule has 53 heavy (non-hydrogen) atoms. The van der Waals surface area contributed by atoms with Crippen LogP contribution in [0.3, 0.4) is 0 Å². The zero-order valence-corrected chi connectivity index (χ0v) is 39.6. The topological polar surface area (TPSA) is 27.7 Å². The van der Waals surface area contributed by atoms with Crippen molar-refractivity contribution in [3.63, 3.8) is 0 Å². The predicted octanol–water partition coefficient (Wildman–Crippen LogP) is 10.5. The zero-order chi connectivity index (χ0) is 39.4. The zero-order valence-electron chi connectivity index (χ0n) is 35.6. The molecule has 0 aliphatic heterocycles. The molecule has 0 heterocycles. The predicted molar refractivity (Wildman–Crippen MR) is 241 cm³/mol. The molecule has 4 atom stereocenters. The summed E-state index contributed by atoms with van der Waals surface area (Å²) in [4.78, 5) is 0. The van der Waals surface area contributed by atoms with Crippen molar-refractivity contribution in [1.29, 1.82) is 0 Å². The molecular formula is C46H70O3Si4. The van der Waals surface area contributed by atoms with E-state index in [0.29, 0.717) is 0 Å². The third-order valence-electron chi connectivity index (χ3n) is 14.3. The van der Waals surface area contributed by atoms with Crippen LogP contribution < -0.4 is 20.7 Å². The molecule has 3 nitrogen and oxygen atoms in total. The third kappa shape index (κ3) is 7.87. The highest BCUT2D eigenvalue weighted by atomic mass is 28.4. The number of benzene rings is 4. The van der Waals surface area contributed by atoms with Crippen LogP contribution in [-0.2, 0) is 13.3 Å². The normalized spacial score (nSPS) is 17.6. The van der Waals surface area contributed by atoms with E-state index in [1.165, 1.54) is 20.7 Å². The van der Waals surface area contributed by atoms with E-state index in [4.69, 9.17) is 13.3 Å². The lowest BCUT2D eigenvalue weighted by atomic mass is 9.85. The highest BCUT2D eigenvalue weighted by Crippen LogP contribution is 2.57. The maximum Gasteiger partial charge on any atom is 0.253 e. The second-order valence-electron chi connectivity index (χ2n) is 17.4. The summed E-state index contributed by atoms with van der Waals surface area (Å²) in [5.74, 6) is 0. The number of hydrogen-bond acceptors (Lipinski definition) is 3. The van der Waals surface area contributed by atoms with Crippen molar-refractivity contribution in [2.24, 2.45) is 0 Å². The van der Waals surface area contributed by atoms with Gasteiger partial charge in [-0.05, 0) is 89.6 Å². The minimum Gasteiger partial charge on any atom is -0.413 e. The van der Waals surface area contributed by atoms with Gasteiger partial charge in [0.2, 0.25) is 8.32 Å². The van der Waals surface area contributed by atoms with E-state index < -0.39 is 43.9 Å². The fraction of sp³-hybridized carbons (Fsp3) is 0.478. The Kier molecular flexibility index (Phi) is 13.4. The van der Waals surface area contributed by atoms with Gasteiger partial charge in [0.25, 0.3) is 8.32 Å². The second-order valence-corrected chi connectivity index (χ2v) is 33.9. The van der Waals surface area contributed by atoms with Crippen LogP contribution in [0.1, 0.15) is 81.1 Å². The average molecular weight is 783 g/mol. The van der Waals surface area contributed by atoms with Gasteiger partial charge in [-0.15, -0.1) is 0 Å². The van der Waals surface area contributed by atoms with Gasteiger partial charge in [-0.2, -0.15) is 0 Å². The van der Waals surface area contributed by atoms with E-state index in [1.807, 2.05) is 0 Å². The van der Waals surface area contributed by atoms with Crippen LogP contribution >= 0.6 is 0 Å². The highest BCUT2D eigenvalue weighted by molar-refractivity contribution is 7.03. The molecule has 0 amide bonds. The summed E-state index contributed by atoms with van der Waals surface area (Å²) in [6.45, 7) is 33.7. The Morgan fingerprint density at radius 1 is 0.396 bits per heavy atom. The molecule has 0 N–H and O–H groups in total. The highest BCUT2D eigenvalue weighted by Gasteiger charge is 2.63. The van der Waals surface area contributed by atoms with E-state index in [-0.39, 0.29) is 10.3 Å². The van der Waals surface area contributed by atoms with Crippen LogP contribution in [0, 0.1) is 0 Å². The first-order chi connectivity index (χ1) is 24.8. The van der Waals surface area contributed by atoms with Crippen molar-refractivity contribution in [2.45, 2.75) is 141 Å². The first-order valence-corrected chi connectivity index (χ1v) is 30.8.